The first-order valence-electron chi connectivity index (χ1n) is 31.7. The van der Waals surface area contributed by atoms with Crippen LogP contribution >= 0.6 is 0 Å². The summed E-state index contributed by atoms with van der Waals surface area (Å²) in [6, 6.07) is 66.8. The third-order valence-electron chi connectivity index (χ3n) is 17.3. The lowest BCUT2D eigenvalue weighted by Crippen LogP contribution is -2.54. The van der Waals surface area contributed by atoms with Crippen molar-refractivity contribution in [3.05, 3.63) is 330 Å². The second-order valence-electron chi connectivity index (χ2n) is 25.2. The Balaban J connectivity index is 0.000000184. The zero-order valence-electron chi connectivity index (χ0n) is 58.2. The quantitative estimate of drug-likeness (QED) is 0.149. The van der Waals surface area contributed by atoms with E-state index in [2.05, 4.69) is 198 Å². The summed E-state index contributed by atoms with van der Waals surface area (Å²) in [5.41, 5.74) is 17.6. The Hall–Kier alpha value is -8.99. The topological polar surface area (TPSA) is 43.4 Å². The molecule has 0 bridgehead atoms. The minimum absolute atomic E-state index is 0.344. The highest BCUT2D eigenvalue weighted by atomic mass is 32.2. The van der Waals surface area contributed by atoms with Crippen molar-refractivity contribution in [2.45, 2.75) is 152 Å². The van der Waals surface area contributed by atoms with E-state index in [1.807, 2.05) is 57.2 Å². The fourth-order valence-electron chi connectivity index (χ4n) is 10.2. The summed E-state index contributed by atoms with van der Waals surface area (Å²) in [6.45, 7) is 36.1. The smallest absolute Gasteiger partial charge is 0.411 e. The highest BCUT2D eigenvalue weighted by Gasteiger charge is 2.72. The van der Waals surface area contributed by atoms with E-state index in [0.717, 1.165) is 52.5 Å². The van der Waals surface area contributed by atoms with Crippen molar-refractivity contribution < 1.29 is 39.5 Å². The SMILES string of the molecule is Cc1ccc(-c2ccc(C)c(C)c2)cc1.Cc1ccc(C(c2ccc(C)c(C)c2)(C(F)(F)F)C(F)(F)F)cc1.Cc1ccc(C)c(C)c1.Cc1ccc(Oc2ccc(C)c(C)c2)cc1.Cc1ccc(S(=O)(=O)c2ccc(C)c(C)c2)cc1.Cc1ccc2cc(C)c(C)cc2c1. The van der Waals surface area contributed by atoms with Crippen LogP contribution in [0.1, 0.15) is 111 Å². The Morgan fingerprint density at radius 1 is 0.253 bits per heavy atom. The van der Waals surface area contributed by atoms with Gasteiger partial charge >= 0.3 is 12.4 Å². The summed E-state index contributed by atoms with van der Waals surface area (Å²) < 4.78 is 114. The molecular weight excluding hydrogens is 1210 g/mol. The van der Waals surface area contributed by atoms with E-state index < -0.39 is 38.7 Å². The van der Waals surface area contributed by atoms with E-state index in [9.17, 15) is 34.8 Å². The fraction of sp³-hybridized carbons (Fsp3) is 0.247. The highest BCUT2D eigenvalue weighted by molar-refractivity contribution is 7.91. The first-order valence-corrected chi connectivity index (χ1v) is 33.1. The zero-order chi connectivity index (χ0) is 70.3. The van der Waals surface area contributed by atoms with Gasteiger partial charge in [0.15, 0.2) is 0 Å². The van der Waals surface area contributed by atoms with Crippen LogP contribution in [0.2, 0.25) is 0 Å². The molecule has 0 aliphatic heterocycles. The van der Waals surface area contributed by atoms with Gasteiger partial charge in [-0.15, -0.1) is 0 Å². The van der Waals surface area contributed by atoms with Gasteiger partial charge in [0.25, 0.3) is 0 Å². The predicted molar refractivity (Wildman–Crippen MR) is 385 cm³/mol. The molecule has 0 aliphatic rings. The van der Waals surface area contributed by atoms with Crippen LogP contribution < -0.4 is 4.74 Å². The number of fused-ring (bicyclic) bond motifs is 1. The van der Waals surface area contributed by atoms with Gasteiger partial charge in [0.05, 0.1) is 9.79 Å². The molecule has 0 saturated heterocycles. The number of hydrogen-bond acceptors (Lipinski definition) is 3. The first-order chi connectivity index (χ1) is 44.5. The molecule has 0 atom stereocenters. The van der Waals surface area contributed by atoms with Crippen LogP contribution in [-0.4, -0.2) is 20.8 Å². The number of hydrogen-bond donors (Lipinski definition) is 0. The number of halogens is 6. The molecule has 496 valence electrons. The number of benzene rings is 11. The molecule has 11 aromatic carbocycles. The number of aryl methyl sites for hydroxylation is 18. The van der Waals surface area contributed by atoms with Crippen molar-refractivity contribution in [2.24, 2.45) is 0 Å². The van der Waals surface area contributed by atoms with Crippen LogP contribution in [0, 0.1) is 125 Å². The van der Waals surface area contributed by atoms with Crippen molar-refractivity contribution >= 4 is 20.6 Å². The highest BCUT2D eigenvalue weighted by Crippen LogP contribution is 2.56. The second kappa shape index (κ2) is 32.4. The summed E-state index contributed by atoms with van der Waals surface area (Å²) >= 11 is 0. The number of alkyl halides is 6. The van der Waals surface area contributed by atoms with Crippen LogP contribution in [0.5, 0.6) is 11.5 Å². The monoisotopic (exact) mass is 1300 g/mol. The standard InChI is InChI=1S/C18H16F6.C15H16O2S.C15H16O.C15H16.C13H14.C9H12/c1-11-4-7-14(8-5-11)16(17(19,20)21,18(22,23)24)15-9-6-12(2)13(3)10-15;1-11-4-7-14(8-5-11)18(16,17)15-9-6-12(2)13(3)10-15;1-11-4-7-14(8-5-11)16-15-9-6-12(2)13(3)10-15;1-11-4-7-14(8-5-11)15-9-6-12(2)13(3)10-15;1-9-4-5-12-7-10(2)11(3)8-13(12)6-9;1-7-4-5-8(2)9(3)6-7/h4-10H,1-3H3;4-10H,1-3H3;4-10H,1-3H3;4-10H,1-3H3;4-8H,1-3H3;4-6H,1-3H3. The largest absolute Gasteiger partial charge is 0.457 e. The summed E-state index contributed by atoms with van der Waals surface area (Å²) in [4.78, 5) is 0.700. The van der Waals surface area contributed by atoms with Crippen LogP contribution in [0.3, 0.4) is 0 Å². The van der Waals surface area contributed by atoms with Crippen LogP contribution in [-0.2, 0) is 15.3 Å². The van der Waals surface area contributed by atoms with E-state index in [-0.39, 0.29) is 0 Å². The maximum atomic E-state index is 13.9. The summed E-state index contributed by atoms with van der Waals surface area (Å²) in [5.74, 6) is 1.78. The van der Waals surface area contributed by atoms with Gasteiger partial charge in [-0.3, -0.25) is 0 Å². The van der Waals surface area contributed by atoms with Crippen LogP contribution in [0.15, 0.2) is 228 Å². The summed E-state index contributed by atoms with van der Waals surface area (Å²) in [7, 11) is -3.39. The lowest BCUT2D eigenvalue weighted by atomic mass is 9.72. The third-order valence-corrected chi connectivity index (χ3v) is 19.1. The van der Waals surface area contributed by atoms with E-state index >= 15 is 0 Å². The van der Waals surface area contributed by atoms with Gasteiger partial charge in [0.2, 0.25) is 15.3 Å². The average molecular weight is 1310 g/mol. The Kier molecular flexibility index (Phi) is 25.6. The van der Waals surface area contributed by atoms with E-state index in [1.54, 1.807) is 38.1 Å². The minimum atomic E-state index is -5.54. The van der Waals surface area contributed by atoms with Crippen molar-refractivity contribution in [1.29, 1.82) is 0 Å². The predicted octanol–water partition coefficient (Wildman–Crippen LogP) is 24.5. The van der Waals surface area contributed by atoms with Gasteiger partial charge in [-0.2, -0.15) is 26.3 Å². The van der Waals surface area contributed by atoms with Gasteiger partial charge in [-0.05, 0) is 273 Å². The Bertz CT molecular complexity index is 4470. The molecule has 0 N–H and O–H groups in total. The van der Waals surface area contributed by atoms with Crippen molar-refractivity contribution in [3.8, 4) is 22.6 Å². The molecular formula is C85H90F6O3S. The van der Waals surface area contributed by atoms with E-state index in [0.29, 0.717) is 26.5 Å². The molecule has 0 heterocycles. The van der Waals surface area contributed by atoms with Crippen molar-refractivity contribution in [3.63, 3.8) is 0 Å². The first kappa shape index (κ1) is 75.0. The maximum absolute atomic E-state index is 13.9. The Labute approximate surface area is 561 Å². The van der Waals surface area contributed by atoms with Gasteiger partial charge in [-0.1, -0.05) is 203 Å². The number of rotatable bonds is 7. The lowest BCUT2D eigenvalue weighted by molar-refractivity contribution is -0.288. The van der Waals surface area contributed by atoms with E-state index in [1.165, 1.54) is 114 Å². The van der Waals surface area contributed by atoms with Crippen molar-refractivity contribution in [1.82, 2.24) is 0 Å². The number of sulfone groups is 1. The molecule has 0 aromatic heterocycles. The number of ether oxygens (including phenoxy) is 1. The Morgan fingerprint density at radius 3 is 1.06 bits per heavy atom. The maximum Gasteiger partial charge on any atom is 0.411 e. The molecule has 11 rings (SSSR count). The lowest BCUT2D eigenvalue weighted by Gasteiger charge is -2.38. The molecule has 11 aromatic rings. The summed E-state index contributed by atoms with van der Waals surface area (Å²) in [6.07, 6.45) is -11.1. The molecule has 0 amide bonds. The molecule has 0 fully saturated rings. The second-order valence-corrected chi connectivity index (χ2v) is 27.1. The molecule has 0 radical (unpaired) electrons. The molecule has 10 heteroatoms. The molecule has 0 unspecified atom stereocenters. The third kappa shape index (κ3) is 20.0. The van der Waals surface area contributed by atoms with Gasteiger partial charge in [0, 0.05) is 0 Å². The average Bonchev–Trinajstić information content (AvgIpc) is 0.717. The minimum Gasteiger partial charge on any atom is -0.457 e. The van der Waals surface area contributed by atoms with Gasteiger partial charge in [0.1, 0.15) is 11.5 Å². The normalized spacial score (nSPS) is 11.2. The molecule has 3 nitrogen and oxygen atoms in total. The molecule has 95 heavy (non-hydrogen) atoms. The van der Waals surface area contributed by atoms with Crippen LogP contribution in [0.25, 0.3) is 21.9 Å². The van der Waals surface area contributed by atoms with Crippen molar-refractivity contribution in [2.75, 3.05) is 0 Å². The molecule has 0 aliphatic carbocycles. The van der Waals surface area contributed by atoms with E-state index in [4.69, 9.17) is 4.74 Å². The Morgan fingerprint density at radius 2 is 0.589 bits per heavy atom. The summed E-state index contributed by atoms with van der Waals surface area (Å²) in [5, 5.41) is 2.69. The molecule has 0 spiro atoms. The van der Waals surface area contributed by atoms with Gasteiger partial charge < -0.3 is 4.74 Å². The van der Waals surface area contributed by atoms with Crippen LogP contribution in [0.4, 0.5) is 26.3 Å². The van der Waals surface area contributed by atoms with Gasteiger partial charge in [-0.25, -0.2) is 8.42 Å². The zero-order valence-corrected chi connectivity index (χ0v) is 59.0. The molecule has 0 saturated carbocycles. The fourth-order valence-corrected chi connectivity index (χ4v) is 11.6.